The summed E-state index contributed by atoms with van der Waals surface area (Å²) in [6, 6.07) is 7.38. The van der Waals surface area contributed by atoms with Gasteiger partial charge in [-0.3, -0.25) is 4.79 Å². The van der Waals surface area contributed by atoms with E-state index in [1.807, 2.05) is 25.1 Å². The van der Waals surface area contributed by atoms with Crippen molar-refractivity contribution in [2.24, 2.45) is 5.41 Å². The van der Waals surface area contributed by atoms with Crippen LogP contribution in [0.1, 0.15) is 52.0 Å². The van der Waals surface area contributed by atoms with Crippen molar-refractivity contribution in [2.45, 2.75) is 46.5 Å². The van der Waals surface area contributed by atoms with E-state index >= 15 is 0 Å². The second-order valence-electron chi connectivity index (χ2n) is 7.67. The number of ether oxygens (including phenoxy) is 1. The molecule has 0 unspecified atom stereocenters. The molecule has 0 spiro atoms. The molecule has 0 aromatic heterocycles. The van der Waals surface area contributed by atoms with Crippen LogP contribution in [0.25, 0.3) is 0 Å². The van der Waals surface area contributed by atoms with Gasteiger partial charge in [0, 0.05) is 34.3 Å². The zero-order chi connectivity index (χ0) is 19.1. The number of rotatable bonds is 3. The molecule has 1 aliphatic heterocycles. The number of allylic oxidation sites excluding steroid dienone is 3. The lowest BCUT2D eigenvalue weighted by molar-refractivity contribution is -0.138. The number of hydrogen-bond donors (Lipinski definition) is 1. The Balaban J connectivity index is 2.21. The molecule has 4 nitrogen and oxygen atoms in total. The summed E-state index contributed by atoms with van der Waals surface area (Å²) in [5.41, 5.74) is 3.37. The lowest BCUT2D eigenvalue weighted by Crippen LogP contribution is -2.38. The number of Topliss-reactive ketones (excluding diaryl/α,β-unsaturated/α-hetero) is 1. The highest BCUT2D eigenvalue weighted by atomic mass is 35.5. The molecule has 2 aliphatic rings. The molecule has 0 radical (unpaired) electrons. The Bertz CT molecular complexity index is 835. The first kappa shape index (κ1) is 18.7. The molecule has 1 heterocycles. The lowest BCUT2D eigenvalue weighted by Gasteiger charge is -2.39. The molecule has 138 valence electrons. The predicted octanol–water partition coefficient (Wildman–Crippen LogP) is 4.51. The Morgan fingerprint density at radius 2 is 2.00 bits per heavy atom. The van der Waals surface area contributed by atoms with Gasteiger partial charge < -0.3 is 10.1 Å². The number of esters is 1. The van der Waals surface area contributed by atoms with Gasteiger partial charge in [-0.1, -0.05) is 43.6 Å². The van der Waals surface area contributed by atoms with Gasteiger partial charge in [0.25, 0.3) is 0 Å². The van der Waals surface area contributed by atoms with Gasteiger partial charge in [0.05, 0.1) is 12.2 Å². The fourth-order valence-electron chi connectivity index (χ4n) is 3.94. The Morgan fingerprint density at radius 3 is 2.65 bits per heavy atom. The standard InChI is InChI=1S/C21H24ClNO3/c1-5-26-20(25)17-12(2)23-15-10-21(3,4)11-16(24)19(15)18(17)13-8-6-7-9-14(13)22/h6-9,18,23H,5,10-11H2,1-4H3/t18-/m0/s1. The second kappa shape index (κ2) is 6.92. The van der Waals surface area contributed by atoms with Gasteiger partial charge in [0.15, 0.2) is 5.78 Å². The summed E-state index contributed by atoms with van der Waals surface area (Å²) in [7, 11) is 0. The smallest absolute Gasteiger partial charge is 0.336 e. The molecule has 0 saturated carbocycles. The van der Waals surface area contributed by atoms with Crippen LogP contribution in [-0.2, 0) is 14.3 Å². The summed E-state index contributed by atoms with van der Waals surface area (Å²) in [6.07, 6.45) is 1.20. The van der Waals surface area contributed by atoms with Gasteiger partial charge in [-0.2, -0.15) is 0 Å². The summed E-state index contributed by atoms with van der Waals surface area (Å²) in [5.74, 6) is -0.850. The normalized spacial score (nSPS) is 22.0. The maximum Gasteiger partial charge on any atom is 0.336 e. The quantitative estimate of drug-likeness (QED) is 0.792. The van der Waals surface area contributed by atoms with E-state index in [4.69, 9.17) is 16.3 Å². The van der Waals surface area contributed by atoms with Crippen LogP contribution in [0.3, 0.4) is 0 Å². The van der Waals surface area contributed by atoms with E-state index in [9.17, 15) is 9.59 Å². The van der Waals surface area contributed by atoms with Crippen LogP contribution in [0.15, 0.2) is 46.8 Å². The van der Waals surface area contributed by atoms with Crippen LogP contribution < -0.4 is 5.32 Å². The van der Waals surface area contributed by atoms with Gasteiger partial charge >= 0.3 is 5.97 Å². The van der Waals surface area contributed by atoms with Gasteiger partial charge in [-0.05, 0) is 37.3 Å². The van der Waals surface area contributed by atoms with Crippen molar-refractivity contribution in [3.63, 3.8) is 0 Å². The molecular weight excluding hydrogens is 350 g/mol. The zero-order valence-corrected chi connectivity index (χ0v) is 16.4. The molecule has 0 fully saturated rings. The van der Waals surface area contributed by atoms with Crippen molar-refractivity contribution < 1.29 is 14.3 Å². The van der Waals surface area contributed by atoms with E-state index in [2.05, 4.69) is 19.2 Å². The molecule has 0 amide bonds. The van der Waals surface area contributed by atoms with Crippen LogP contribution in [0.5, 0.6) is 0 Å². The topological polar surface area (TPSA) is 55.4 Å². The van der Waals surface area contributed by atoms with Crippen molar-refractivity contribution in [3.05, 3.63) is 57.4 Å². The largest absolute Gasteiger partial charge is 0.463 e. The summed E-state index contributed by atoms with van der Waals surface area (Å²) in [6.45, 7) is 8.07. The van der Waals surface area contributed by atoms with E-state index in [0.29, 0.717) is 22.6 Å². The maximum atomic E-state index is 13.1. The van der Waals surface area contributed by atoms with Crippen LogP contribution in [0.2, 0.25) is 5.02 Å². The summed E-state index contributed by atoms with van der Waals surface area (Å²) in [4.78, 5) is 25.8. The number of carbonyl (C=O) groups is 2. The Kier molecular flexibility index (Phi) is 4.98. The lowest BCUT2D eigenvalue weighted by atomic mass is 9.68. The van der Waals surface area contributed by atoms with Gasteiger partial charge in [-0.15, -0.1) is 0 Å². The first-order valence-corrected chi connectivity index (χ1v) is 9.28. The van der Waals surface area contributed by atoms with Crippen molar-refractivity contribution in [3.8, 4) is 0 Å². The van der Waals surface area contributed by atoms with E-state index < -0.39 is 11.9 Å². The minimum absolute atomic E-state index is 0.0583. The Labute approximate surface area is 159 Å². The number of ketones is 1. The fourth-order valence-corrected chi connectivity index (χ4v) is 4.18. The van der Waals surface area contributed by atoms with E-state index in [1.165, 1.54) is 0 Å². The van der Waals surface area contributed by atoms with Crippen LogP contribution in [0.4, 0.5) is 0 Å². The van der Waals surface area contributed by atoms with Crippen molar-refractivity contribution >= 4 is 23.4 Å². The van der Waals surface area contributed by atoms with Crippen LogP contribution in [-0.4, -0.2) is 18.4 Å². The van der Waals surface area contributed by atoms with Crippen molar-refractivity contribution in [1.29, 1.82) is 0 Å². The Hall–Kier alpha value is -2.07. The monoisotopic (exact) mass is 373 g/mol. The summed E-state index contributed by atoms with van der Waals surface area (Å²) < 4.78 is 5.29. The number of nitrogens with one attached hydrogen (secondary N) is 1. The molecule has 26 heavy (non-hydrogen) atoms. The molecule has 0 bridgehead atoms. The van der Waals surface area contributed by atoms with Gasteiger partial charge in [0.1, 0.15) is 0 Å². The number of carbonyl (C=O) groups excluding carboxylic acids is 2. The molecule has 0 saturated heterocycles. The number of hydrogen-bond acceptors (Lipinski definition) is 4. The predicted molar refractivity (Wildman–Crippen MR) is 102 cm³/mol. The summed E-state index contributed by atoms with van der Waals surface area (Å²) >= 11 is 6.46. The third kappa shape index (κ3) is 3.30. The highest BCUT2D eigenvalue weighted by molar-refractivity contribution is 6.31. The van der Waals surface area contributed by atoms with Gasteiger partial charge in [0.2, 0.25) is 0 Å². The third-order valence-electron chi connectivity index (χ3n) is 4.95. The van der Waals surface area contributed by atoms with Crippen molar-refractivity contribution in [2.75, 3.05) is 6.61 Å². The van der Waals surface area contributed by atoms with E-state index in [0.717, 1.165) is 23.4 Å². The highest BCUT2D eigenvalue weighted by Gasteiger charge is 2.43. The van der Waals surface area contributed by atoms with Crippen LogP contribution in [0, 0.1) is 5.41 Å². The first-order valence-electron chi connectivity index (χ1n) is 8.90. The van der Waals surface area contributed by atoms with E-state index in [-0.39, 0.29) is 17.8 Å². The number of benzene rings is 1. The minimum Gasteiger partial charge on any atom is -0.463 e. The minimum atomic E-state index is -0.498. The number of halogens is 1. The SMILES string of the molecule is CCOC(=O)C1=C(C)NC2=C(C(=O)CC(C)(C)C2)[C@H]1c1ccccc1Cl. The molecule has 1 atom stereocenters. The van der Waals surface area contributed by atoms with Crippen LogP contribution >= 0.6 is 11.6 Å². The molecule has 3 rings (SSSR count). The Morgan fingerprint density at radius 1 is 1.31 bits per heavy atom. The molecule has 5 heteroatoms. The summed E-state index contributed by atoms with van der Waals surface area (Å²) in [5, 5.41) is 3.85. The van der Waals surface area contributed by atoms with Gasteiger partial charge in [-0.25, -0.2) is 4.79 Å². The molecule has 1 aliphatic carbocycles. The molecule has 1 N–H and O–H groups in total. The van der Waals surface area contributed by atoms with E-state index in [1.54, 1.807) is 13.0 Å². The average Bonchev–Trinajstić information content (AvgIpc) is 2.53. The zero-order valence-electron chi connectivity index (χ0n) is 15.6. The fraction of sp³-hybridized carbons (Fsp3) is 0.429. The second-order valence-corrected chi connectivity index (χ2v) is 8.08. The third-order valence-corrected chi connectivity index (χ3v) is 5.30. The number of dihydropyridines is 1. The van der Waals surface area contributed by atoms with Crippen molar-refractivity contribution in [1.82, 2.24) is 5.32 Å². The molecule has 1 aromatic carbocycles. The molecule has 1 aromatic rings. The first-order chi connectivity index (χ1) is 12.2. The maximum absolute atomic E-state index is 13.1. The highest BCUT2D eigenvalue weighted by Crippen LogP contribution is 2.47. The average molecular weight is 374 g/mol. The molecular formula is C21H24ClNO3.